The molecule has 0 spiro atoms. The predicted octanol–water partition coefficient (Wildman–Crippen LogP) is 3.30. The van der Waals surface area contributed by atoms with Gasteiger partial charge in [-0.25, -0.2) is 4.79 Å². The number of carbonyl (C=O) groups is 1. The van der Waals surface area contributed by atoms with Gasteiger partial charge in [0.05, 0.1) is 18.8 Å². The SMILES string of the molecule is CCOC(=O)c1[nH]cc2c1C1c3ccccc3C2C2OC(C)(C)OC12. The highest BCUT2D eigenvalue weighted by Crippen LogP contribution is 2.59. The lowest BCUT2D eigenvalue weighted by molar-refractivity contribution is -0.146. The third-order valence-corrected chi connectivity index (χ3v) is 5.56. The lowest BCUT2D eigenvalue weighted by Crippen LogP contribution is -2.45. The van der Waals surface area contributed by atoms with Crippen molar-refractivity contribution in [3.05, 3.63) is 58.4 Å². The number of aromatic amines is 1. The first-order valence-corrected chi connectivity index (χ1v) is 8.84. The summed E-state index contributed by atoms with van der Waals surface area (Å²) >= 11 is 0. The molecule has 4 aliphatic rings. The van der Waals surface area contributed by atoms with Crippen LogP contribution in [0.5, 0.6) is 0 Å². The number of nitrogens with one attached hydrogen (secondary N) is 1. The monoisotopic (exact) mass is 339 g/mol. The highest BCUT2D eigenvalue weighted by molar-refractivity contribution is 5.91. The molecule has 0 amide bonds. The van der Waals surface area contributed by atoms with E-state index in [2.05, 4.69) is 23.2 Å². The molecule has 1 N–H and O–H groups in total. The van der Waals surface area contributed by atoms with Gasteiger partial charge in [-0.15, -0.1) is 0 Å². The van der Waals surface area contributed by atoms with Gasteiger partial charge in [0.25, 0.3) is 0 Å². The van der Waals surface area contributed by atoms with E-state index < -0.39 is 5.79 Å². The van der Waals surface area contributed by atoms with E-state index in [1.807, 2.05) is 33.0 Å². The average Bonchev–Trinajstić information content (AvgIpc) is 3.14. The van der Waals surface area contributed by atoms with Crippen LogP contribution in [-0.2, 0) is 14.2 Å². The smallest absolute Gasteiger partial charge is 0.355 e. The second-order valence-electron chi connectivity index (χ2n) is 7.40. The van der Waals surface area contributed by atoms with E-state index >= 15 is 0 Å². The summed E-state index contributed by atoms with van der Waals surface area (Å²) in [7, 11) is 0. The van der Waals surface area contributed by atoms with Crippen molar-refractivity contribution in [2.75, 3.05) is 6.61 Å². The zero-order valence-electron chi connectivity index (χ0n) is 14.5. The molecule has 6 rings (SSSR count). The highest BCUT2D eigenvalue weighted by atomic mass is 16.8. The second kappa shape index (κ2) is 4.96. The van der Waals surface area contributed by atoms with Crippen molar-refractivity contribution in [1.29, 1.82) is 0 Å². The topological polar surface area (TPSA) is 60.6 Å². The number of H-pyrrole nitrogens is 1. The average molecular weight is 339 g/mol. The van der Waals surface area contributed by atoms with Crippen LogP contribution >= 0.6 is 0 Å². The Hall–Kier alpha value is -2.11. The van der Waals surface area contributed by atoms with Crippen molar-refractivity contribution in [2.45, 2.75) is 50.6 Å². The van der Waals surface area contributed by atoms with E-state index in [-0.39, 0.29) is 30.0 Å². The summed E-state index contributed by atoms with van der Waals surface area (Å²) in [6, 6.07) is 8.42. The minimum Gasteiger partial charge on any atom is -0.461 e. The van der Waals surface area contributed by atoms with Gasteiger partial charge in [-0.05, 0) is 43.0 Å². The molecule has 5 heteroatoms. The minimum absolute atomic E-state index is 0.0198. The van der Waals surface area contributed by atoms with Gasteiger partial charge >= 0.3 is 5.97 Å². The Kier molecular flexibility index (Phi) is 3.01. The molecule has 1 aromatic carbocycles. The predicted molar refractivity (Wildman–Crippen MR) is 90.7 cm³/mol. The number of esters is 1. The van der Waals surface area contributed by atoms with Gasteiger partial charge in [0.15, 0.2) is 5.79 Å². The normalized spacial score (nSPS) is 30.5. The largest absolute Gasteiger partial charge is 0.461 e. The van der Waals surface area contributed by atoms with E-state index in [0.717, 1.165) is 11.1 Å². The van der Waals surface area contributed by atoms with E-state index in [1.54, 1.807) is 0 Å². The lowest BCUT2D eigenvalue weighted by atomic mass is 9.61. The number of carbonyl (C=O) groups excluding carboxylic acids is 1. The fraction of sp³-hybridized carbons (Fsp3) is 0.450. The van der Waals surface area contributed by atoms with Gasteiger partial charge in [-0.1, -0.05) is 24.3 Å². The molecule has 1 fully saturated rings. The molecule has 2 heterocycles. The summed E-state index contributed by atoms with van der Waals surface area (Å²) < 4.78 is 17.8. The van der Waals surface area contributed by atoms with E-state index in [4.69, 9.17) is 14.2 Å². The first kappa shape index (κ1) is 15.2. The minimum atomic E-state index is -0.620. The van der Waals surface area contributed by atoms with Crippen LogP contribution in [0.4, 0.5) is 0 Å². The molecule has 5 nitrogen and oxygen atoms in total. The van der Waals surface area contributed by atoms with Crippen molar-refractivity contribution >= 4 is 5.97 Å². The quantitative estimate of drug-likeness (QED) is 0.853. The van der Waals surface area contributed by atoms with Gasteiger partial charge in [0.1, 0.15) is 5.69 Å². The van der Waals surface area contributed by atoms with Crippen molar-refractivity contribution < 1.29 is 19.0 Å². The van der Waals surface area contributed by atoms with Gasteiger partial charge in [0.2, 0.25) is 0 Å². The van der Waals surface area contributed by atoms with Crippen LogP contribution in [0.1, 0.15) is 65.3 Å². The van der Waals surface area contributed by atoms with E-state index in [0.29, 0.717) is 12.3 Å². The Bertz CT molecular complexity index is 868. The van der Waals surface area contributed by atoms with Crippen molar-refractivity contribution in [1.82, 2.24) is 4.98 Å². The third kappa shape index (κ3) is 1.94. The summed E-state index contributed by atoms with van der Waals surface area (Å²) in [4.78, 5) is 15.6. The Balaban J connectivity index is 1.72. The molecule has 0 saturated carbocycles. The van der Waals surface area contributed by atoms with Gasteiger partial charge in [0, 0.05) is 18.0 Å². The molecular formula is C20H21NO4. The Morgan fingerprint density at radius 2 is 1.76 bits per heavy atom. The first-order valence-electron chi connectivity index (χ1n) is 8.84. The standard InChI is InChI=1S/C20H21NO4/c1-4-23-19(22)16-14-12(9-21-16)13-10-7-5-6-8-11(10)15(14)18-17(13)24-20(2,3)25-18/h5-9,13,15,17-18,21H,4H2,1-3H3. The fourth-order valence-corrected chi connectivity index (χ4v) is 4.84. The third-order valence-electron chi connectivity index (χ3n) is 5.56. The zero-order valence-corrected chi connectivity index (χ0v) is 14.5. The van der Waals surface area contributed by atoms with Crippen LogP contribution in [0.15, 0.2) is 30.5 Å². The van der Waals surface area contributed by atoms with Gasteiger partial charge < -0.3 is 19.2 Å². The van der Waals surface area contributed by atoms with Crippen LogP contribution < -0.4 is 0 Å². The summed E-state index contributed by atoms with van der Waals surface area (Å²) in [5.41, 5.74) is 5.21. The number of benzene rings is 1. The van der Waals surface area contributed by atoms with Crippen LogP contribution in [0, 0.1) is 0 Å². The number of hydrogen-bond acceptors (Lipinski definition) is 4. The molecule has 1 aliphatic heterocycles. The fourth-order valence-electron chi connectivity index (χ4n) is 4.84. The summed E-state index contributed by atoms with van der Waals surface area (Å²) in [6.45, 7) is 6.09. The van der Waals surface area contributed by atoms with Crippen LogP contribution in [0.2, 0.25) is 0 Å². The first-order chi connectivity index (χ1) is 12.0. The lowest BCUT2D eigenvalue weighted by Gasteiger charge is -2.44. The summed E-state index contributed by atoms with van der Waals surface area (Å²) in [5, 5.41) is 0. The van der Waals surface area contributed by atoms with E-state index in [9.17, 15) is 4.79 Å². The molecule has 1 aromatic heterocycles. The number of aromatic nitrogens is 1. The molecule has 4 atom stereocenters. The highest BCUT2D eigenvalue weighted by Gasteiger charge is 2.59. The van der Waals surface area contributed by atoms with Crippen LogP contribution in [0.3, 0.4) is 0 Å². The molecule has 0 radical (unpaired) electrons. The Morgan fingerprint density at radius 1 is 1.12 bits per heavy atom. The molecule has 1 saturated heterocycles. The number of hydrogen-bond donors (Lipinski definition) is 1. The van der Waals surface area contributed by atoms with Gasteiger partial charge in [-0.2, -0.15) is 0 Å². The Labute approximate surface area is 146 Å². The summed E-state index contributed by atoms with van der Waals surface area (Å²) in [6.07, 6.45) is 1.82. The summed E-state index contributed by atoms with van der Waals surface area (Å²) in [5.74, 6) is -0.870. The number of rotatable bonds is 2. The van der Waals surface area contributed by atoms with Crippen molar-refractivity contribution in [3.8, 4) is 0 Å². The maximum Gasteiger partial charge on any atom is 0.355 e. The van der Waals surface area contributed by atoms with Crippen molar-refractivity contribution in [2.24, 2.45) is 0 Å². The van der Waals surface area contributed by atoms with E-state index in [1.165, 1.54) is 11.1 Å². The van der Waals surface area contributed by atoms with Crippen LogP contribution in [0.25, 0.3) is 0 Å². The van der Waals surface area contributed by atoms with Gasteiger partial charge in [-0.3, -0.25) is 0 Å². The molecule has 2 aromatic rings. The maximum absolute atomic E-state index is 12.5. The molecule has 25 heavy (non-hydrogen) atoms. The molecular weight excluding hydrogens is 318 g/mol. The second-order valence-corrected chi connectivity index (χ2v) is 7.40. The van der Waals surface area contributed by atoms with Crippen LogP contribution in [-0.4, -0.2) is 35.6 Å². The molecule has 4 unspecified atom stereocenters. The number of ether oxygens (including phenoxy) is 3. The maximum atomic E-state index is 12.5. The molecule has 2 bridgehead atoms. The Morgan fingerprint density at radius 3 is 2.44 bits per heavy atom. The van der Waals surface area contributed by atoms with Crippen molar-refractivity contribution in [3.63, 3.8) is 0 Å². The molecule has 130 valence electrons. The zero-order chi connectivity index (χ0) is 17.3. The molecule has 3 aliphatic carbocycles.